The van der Waals surface area contributed by atoms with Crippen molar-refractivity contribution in [1.29, 1.82) is 0 Å². The molecule has 88 valence electrons. The summed E-state index contributed by atoms with van der Waals surface area (Å²) in [5.41, 5.74) is 0. The number of ether oxygens (including phenoxy) is 1. The van der Waals surface area contributed by atoms with E-state index < -0.39 is 16.1 Å². The molecule has 0 radical (unpaired) electrons. The van der Waals surface area contributed by atoms with Gasteiger partial charge in [-0.15, -0.1) is 0 Å². The van der Waals surface area contributed by atoms with Gasteiger partial charge >= 0.3 is 6.09 Å². The summed E-state index contributed by atoms with van der Waals surface area (Å²) < 4.78 is 28.9. The minimum absolute atomic E-state index is 0.0701. The molecule has 0 aromatic heterocycles. The van der Waals surface area contributed by atoms with Crippen molar-refractivity contribution in [3.63, 3.8) is 0 Å². The Kier molecular flexibility index (Phi) is 3.56. The van der Waals surface area contributed by atoms with Gasteiger partial charge < -0.3 is 9.64 Å². The number of sulfonamides is 1. The largest absolute Gasteiger partial charge is 0.443 e. The molecule has 1 amide bonds. The maximum atomic E-state index is 11.3. The minimum Gasteiger partial charge on any atom is -0.443 e. The van der Waals surface area contributed by atoms with E-state index >= 15 is 0 Å². The molecule has 1 saturated heterocycles. The van der Waals surface area contributed by atoms with Crippen LogP contribution in [0.25, 0.3) is 0 Å². The van der Waals surface area contributed by atoms with Gasteiger partial charge in [0.2, 0.25) is 10.0 Å². The Bertz CT molecular complexity index is 339. The van der Waals surface area contributed by atoms with E-state index in [4.69, 9.17) is 4.74 Å². The molecule has 0 aliphatic carbocycles. The van der Waals surface area contributed by atoms with Crippen molar-refractivity contribution in [3.05, 3.63) is 0 Å². The van der Waals surface area contributed by atoms with E-state index in [0.717, 1.165) is 6.26 Å². The standard InChI is InChI=1S/C8H16N2O4S/c1-6(2)10-5-7(14-8(10)11)4-9-15(3,12)13/h6-7,9H,4-5H2,1-3H3. The highest BCUT2D eigenvalue weighted by Gasteiger charge is 2.32. The molecular weight excluding hydrogens is 220 g/mol. The van der Waals surface area contributed by atoms with Gasteiger partial charge in [0.25, 0.3) is 0 Å². The van der Waals surface area contributed by atoms with Gasteiger partial charge in [-0.1, -0.05) is 0 Å². The Hall–Kier alpha value is -0.820. The summed E-state index contributed by atoms with van der Waals surface area (Å²) in [4.78, 5) is 12.8. The van der Waals surface area contributed by atoms with Crippen molar-refractivity contribution < 1.29 is 17.9 Å². The monoisotopic (exact) mass is 236 g/mol. The van der Waals surface area contributed by atoms with Gasteiger partial charge in [-0.05, 0) is 13.8 Å². The molecule has 1 aliphatic heterocycles. The van der Waals surface area contributed by atoms with Crippen molar-refractivity contribution >= 4 is 16.1 Å². The molecular formula is C8H16N2O4S. The first kappa shape index (κ1) is 12.3. The number of nitrogens with zero attached hydrogens (tertiary/aromatic N) is 1. The molecule has 15 heavy (non-hydrogen) atoms. The van der Waals surface area contributed by atoms with Gasteiger partial charge in [0, 0.05) is 12.6 Å². The lowest BCUT2D eigenvalue weighted by molar-refractivity contribution is 0.130. The third-order valence-electron chi connectivity index (χ3n) is 2.10. The van der Waals surface area contributed by atoms with Crippen LogP contribution in [0.1, 0.15) is 13.8 Å². The van der Waals surface area contributed by atoms with E-state index in [1.165, 1.54) is 0 Å². The van der Waals surface area contributed by atoms with E-state index in [1.54, 1.807) is 4.90 Å². The van der Waals surface area contributed by atoms with Crippen LogP contribution in [0.5, 0.6) is 0 Å². The summed E-state index contributed by atoms with van der Waals surface area (Å²) in [6.07, 6.45) is 0.296. The first-order valence-electron chi connectivity index (χ1n) is 4.71. The van der Waals surface area contributed by atoms with Crippen LogP contribution in [-0.2, 0) is 14.8 Å². The van der Waals surface area contributed by atoms with Crippen molar-refractivity contribution in [2.75, 3.05) is 19.3 Å². The van der Waals surface area contributed by atoms with Crippen LogP contribution in [0.15, 0.2) is 0 Å². The number of hydrogen-bond donors (Lipinski definition) is 1. The van der Waals surface area contributed by atoms with Gasteiger partial charge in [-0.2, -0.15) is 0 Å². The smallest absolute Gasteiger partial charge is 0.410 e. The van der Waals surface area contributed by atoms with Gasteiger partial charge in [0.1, 0.15) is 6.10 Å². The fourth-order valence-electron chi connectivity index (χ4n) is 1.31. The second kappa shape index (κ2) is 4.36. The summed E-state index contributed by atoms with van der Waals surface area (Å²) in [5.74, 6) is 0. The summed E-state index contributed by atoms with van der Waals surface area (Å²) in [5, 5.41) is 0. The molecule has 6 nitrogen and oxygen atoms in total. The van der Waals surface area contributed by atoms with Gasteiger partial charge in [0.15, 0.2) is 0 Å². The van der Waals surface area contributed by atoms with Crippen LogP contribution in [0.2, 0.25) is 0 Å². The van der Waals surface area contributed by atoms with Crippen molar-refractivity contribution in [3.8, 4) is 0 Å². The van der Waals surface area contributed by atoms with E-state index in [0.29, 0.717) is 6.54 Å². The van der Waals surface area contributed by atoms with Crippen LogP contribution >= 0.6 is 0 Å². The minimum atomic E-state index is -3.23. The highest BCUT2D eigenvalue weighted by Crippen LogP contribution is 2.13. The van der Waals surface area contributed by atoms with Gasteiger partial charge in [-0.25, -0.2) is 17.9 Å². The lowest BCUT2D eigenvalue weighted by atomic mass is 10.3. The molecule has 0 bridgehead atoms. The lowest BCUT2D eigenvalue weighted by Gasteiger charge is -2.16. The first-order chi connectivity index (χ1) is 6.79. The molecule has 1 fully saturated rings. The number of rotatable bonds is 4. The SMILES string of the molecule is CC(C)N1CC(CNS(C)(=O)=O)OC1=O. The molecule has 7 heteroatoms. The van der Waals surface area contributed by atoms with Gasteiger partial charge in [0.05, 0.1) is 12.8 Å². The van der Waals surface area contributed by atoms with E-state index in [1.807, 2.05) is 13.8 Å². The zero-order valence-electron chi connectivity index (χ0n) is 9.06. The Morgan fingerprint density at radius 3 is 2.60 bits per heavy atom. The molecule has 1 aliphatic rings. The summed E-state index contributed by atoms with van der Waals surface area (Å²) >= 11 is 0. The fourth-order valence-corrected chi connectivity index (χ4v) is 1.80. The first-order valence-corrected chi connectivity index (χ1v) is 6.60. The molecule has 0 saturated carbocycles. The number of cyclic esters (lactones) is 1. The van der Waals surface area contributed by atoms with Crippen LogP contribution in [0.3, 0.4) is 0 Å². The van der Waals surface area contributed by atoms with E-state index in [2.05, 4.69) is 4.72 Å². The van der Waals surface area contributed by atoms with Crippen LogP contribution in [0, 0.1) is 0 Å². The second-order valence-electron chi connectivity index (χ2n) is 3.87. The second-order valence-corrected chi connectivity index (χ2v) is 5.71. The Morgan fingerprint density at radius 1 is 1.60 bits per heavy atom. The highest BCUT2D eigenvalue weighted by molar-refractivity contribution is 7.88. The molecule has 1 rings (SSSR count). The lowest BCUT2D eigenvalue weighted by Crippen LogP contribution is -2.35. The van der Waals surface area contributed by atoms with E-state index in [9.17, 15) is 13.2 Å². The Morgan fingerprint density at radius 2 is 2.20 bits per heavy atom. The predicted octanol–water partition coefficient (Wildman–Crippen LogP) is -0.235. The third-order valence-corrected chi connectivity index (χ3v) is 2.79. The summed E-state index contributed by atoms with van der Waals surface area (Å²) in [6.45, 7) is 4.33. The molecule has 0 spiro atoms. The van der Waals surface area contributed by atoms with Crippen molar-refractivity contribution in [2.24, 2.45) is 0 Å². The molecule has 1 N–H and O–H groups in total. The Labute approximate surface area is 89.6 Å². The number of carbonyl (C=O) groups excluding carboxylic acids is 1. The number of carbonyl (C=O) groups is 1. The van der Waals surface area contributed by atoms with Crippen LogP contribution in [-0.4, -0.2) is 50.9 Å². The van der Waals surface area contributed by atoms with Crippen molar-refractivity contribution in [1.82, 2.24) is 9.62 Å². The summed E-state index contributed by atoms with van der Waals surface area (Å²) in [6, 6.07) is 0.0701. The molecule has 1 unspecified atom stereocenters. The van der Waals surface area contributed by atoms with Crippen LogP contribution < -0.4 is 4.72 Å². The average molecular weight is 236 g/mol. The quantitative estimate of drug-likeness (QED) is 0.731. The van der Waals surface area contributed by atoms with Gasteiger partial charge in [-0.3, -0.25) is 0 Å². The van der Waals surface area contributed by atoms with Crippen molar-refractivity contribution in [2.45, 2.75) is 26.0 Å². The van der Waals surface area contributed by atoms with E-state index in [-0.39, 0.29) is 18.7 Å². The summed E-state index contributed by atoms with van der Waals surface area (Å²) in [7, 11) is -3.23. The molecule has 0 aromatic carbocycles. The molecule has 0 aromatic rings. The predicted molar refractivity (Wildman–Crippen MR) is 55.0 cm³/mol. The zero-order valence-corrected chi connectivity index (χ0v) is 9.87. The normalized spacial score (nSPS) is 22.3. The Balaban J connectivity index is 2.46. The average Bonchev–Trinajstić information content (AvgIpc) is 2.42. The number of amides is 1. The highest BCUT2D eigenvalue weighted by atomic mass is 32.2. The number of hydrogen-bond acceptors (Lipinski definition) is 4. The molecule has 1 heterocycles. The molecule has 1 atom stereocenters. The topological polar surface area (TPSA) is 75.7 Å². The zero-order chi connectivity index (χ0) is 11.6. The maximum absolute atomic E-state index is 11.3. The third kappa shape index (κ3) is 3.67. The number of nitrogens with one attached hydrogen (secondary N) is 1. The maximum Gasteiger partial charge on any atom is 0.410 e. The fraction of sp³-hybridized carbons (Fsp3) is 0.875. The van der Waals surface area contributed by atoms with Crippen LogP contribution in [0.4, 0.5) is 4.79 Å².